The second kappa shape index (κ2) is 6.84. The third-order valence-corrected chi connectivity index (χ3v) is 5.41. The normalized spacial score (nSPS) is 12.1. The monoisotopic (exact) mass is 412 g/mol. The van der Waals surface area contributed by atoms with Gasteiger partial charge >= 0.3 is 0 Å². The quantitative estimate of drug-likeness (QED) is 0.610. The molecular formula is C17H18Br2O2. The van der Waals surface area contributed by atoms with Gasteiger partial charge in [0.2, 0.25) is 0 Å². The van der Waals surface area contributed by atoms with Gasteiger partial charge in [-0.3, -0.25) is 0 Å². The van der Waals surface area contributed by atoms with Gasteiger partial charge < -0.3 is 9.47 Å². The number of halogens is 2. The van der Waals surface area contributed by atoms with Crippen molar-refractivity contribution in [1.82, 2.24) is 0 Å². The number of aryl methyl sites for hydroxylation is 2. The SMILES string of the molecule is COc1cc(C)c(C(Br)c2ccc(C)c(Br)c2)cc1OC. The summed E-state index contributed by atoms with van der Waals surface area (Å²) < 4.78 is 11.9. The van der Waals surface area contributed by atoms with Crippen LogP contribution in [0.25, 0.3) is 0 Å². The molecule has 0 fully saturated rings. The van der Waals surface area contributed by atoms with E-state index in [1.807, 2.05) is 12.1 Å². The lowest BCUT2D eigenvalue weighted by atomic mass is 9.99. The van der Waals surface area contributed by atoms with E-state index < -0.39 is 0 Å². The molecule has 0 amide bonds. The topological polar surface area (TPSA) is 18.5 Å². The maximum Gasteiger partial charge on any atom is 0.161 e. The first-order chi connectivity index (χ1) is 9.97. The average molecular weight is 414 g/mol. The lowest BCUT2D eigenvalue weighted by molar-refractivity contribution is 0.354. The van der Waals surface area contributed by atoms with Crippen LogP contribution in [0, 0.1) is 13.8 Å². The van der Waals surface area contributed by atoms with Crippen molar-refractivity contribution < 1.29 is 9.47 Å². The molecule has 2 aromatic carbocycles. The van der Waals surface area contributed by atoms with Crippen LogP contribution in [0.3, 0.4) is 0 Å². The Morgan fingerprint density at radius 3 is 2.10 bits per heavy atom. The van der Waals surface area contributed by atoms with Crippen molar-refractivity contribution in [2.24, 2.45) is 0 Å². The molecule has 0 aliphatic carbocycles. The van der Waals surface area contributed by atoms with Gasteiger partial charge in [-0.2, -0.15) is 0 Å². The molecule has 112 valence electrons. The van der Waals surface area contributed by atoms with E-state index in [-0.39, 0.29) is 4.83 Å². The van der Waals surface area contributed by atoms with Crippen molar-refractivity contribution in [3.8, 4) is 11.5 Å². The van der Waals surface area contributed by atoms with Crippen molar-refractivity contribution in [2.45, 2.75) is 18.7 Å². The summed E-state index contributed by atoms with van der Waals surface area (Å²) >= 11 is 7.39. The summed E-state index contributed by atoms with van der Waals surface area (Å²) in [5.41, 5.74) is 4.75. The maximum atomic E-state index is 5.41. The summed E-state index contributed by atoms with van der Waals surface area (Å²) in [6.07, 6.45) is 0. The van der Waals surface area contributed by atoms with Crippen LogP contribution in [0.2, 0.25) is 0 Å². The summed E-state index contributed by atoms with van der Waals surface area (Å²) in [5, 5.41) is 0. The van der Waals surface area contributed by atoms with Crippen LogP contribution in [0.15, 0.2) is 34.8 Å². The minimum Gasteiger partial charge on any atom is -0.493 e. The molecule has 0 heterocycles. The number of hydrogen-bond acceptors (Lipinski definition) is 2. The molecule has 4 heteroatoms. The number of benzene rings is 2. The second-order valence-electron chi connectivity index (χ2n) is 4.93. The number of methoxy groups -OCH3 is 2. The van der Waals surface area contributed by atoms with Crippen molar-refractivity contribution in [3.63, 3.8) is 0 Å². The van der Waals surface area contributed by atoms with Crippen LogP contribution in [0.1, 0.15) is 27.1 Å². The van der Waals surface area contributed by atoms with Crippen LogP contribution < -0.4 is 9.47 Å². The smallest absolute Gasteiger partial charge is 0.161 e. The lowest BCUT2D eigenvalue weighted by Crippen LogP contribution is -1.99. The van der Waals surface area contributed by atoms with Gasteiger partial charge in [0.15, 0.2) is 11.5 Å². The fraction of sp³-hybridized carbons (Fsp3) is 0.294. The standard InChI is InChI=1S/C17H18Br2O2/c1-10-5-6-12(8-14(10)18)17(19)13-9-16(21-4)15(20-3)7-11(13)2/h5-9,17H,1-4H3. The highest BCUT2D eigenvalue weighted by Crippen LogP contribution is 2.39. The van der Waals surface area contributed by atoms with Gasteiger partial charge in [-0.15, -0.1) is 0 Å². The van der Waals surface area contributed by atoms with E-state index in [4.69, 9.17) is 9.47 Å². The van der Waals surface area contributed by atoms with Crippen molar-refractivity contribution in [3.05, 3.63) is 57.1 Å². The van der Waals surface area contributed by atoms with Crippen molar-refractivity contribution >= 4 is 31.9 Å². The Balaban J connectivity index is 2.47. The van der Waals surface area contributed by atoms with E-state index in [0.29, 0.717) is 0 Å². The van der Waals surface area contributed by atoms with Crippen molar-refractivity contribution in [2.75, 3.05) is 14.2 Å². The van der Waals surface area contributed by atoms with Crippen LogP contribution in [0.5, 0.6) is 11.5 Å². The summed E-state index contributed by atoms with van der Waals surface area (Å²) in [7, 11) is 3.31. The largest absolute Gasteiger partial charge is 0.493 e. The maximum absolute atomic E-state index is 5.41. The van der Waals surface area contributed by atoms with Crippen LogP contribution in [0.4, 0.5) is 0 Å². The first kappa shape index (κ1) is 16.4. The molecule has 0 aromatic heterocycles. The highest BCUT2D eigenvalue weighted by atomic mass is 79.9. The van der Waals surface area contributed by atoms with Gasteiger partial charge in [-0.05, 0) is 54.3 Å². The molecule has 1 atom stereocenters. The van der Waals surface area contributed by atoms with E-state index in [0.717, 1.165) is 21.5 Å². The molecule has 0 spiro atoms. The summed E-state index contributed by atoms with van der Waals surface area (Å²) in [6, 6.07) is 10.4. The number of hydrogen-bond donors (Lipinski definition) is 0. The van der Waals surface area contributed by atoms with Crippen molar-refractivity contribution in [1.29, 1.82) is 0 Å². The molecule has 21 heavy (non-hydrogen) atoms. The molecule has 0 aliphatic heterocycles. The molecule has 1 unspecified atom stereocenters. The highest BCUT2D eigenvalue weighted by Gasteiger charge is 2.17. The summed E-state index contributed by atoms with van der Waals surface area (Å²) in [5.74, 6) is 1.50. The minimum absolute atomic E-state index is 0.106. The molecule has 0 saturated heterocycles. The van der Waals surface area contributed by atoms with E-state index in [1.54, 1.807) is 14.2 Å². The second-order valence-corrected chi connectivity index (χ2v) is 6.70. The number of rotatable bonds is 4. The third-order valence-electron chi connectivity index (χ3n) is 3.53. The van der Waals surface area contributed by atoms with Gasteiger partial charge in [-0.25, -0.2) is 0 Å². The number of ether oxygens (including phenoxy) is 2. The molecular weight excluding hydrogens is 396 g/mol. The molecule has 2 rings (SSSR count). The van der Waals surface area contributed by atoms with E-state index >= 15 is 0 Å². The third kappa shape index (κ3) is 3.43. The minimum atomic E-state index is 0.106. The Morgan fingerprint density at radius 2 is 1.52 bits per heavy atom. The van der Waals surface area contributed by atoms with E-state index in [2.05, 4.69) is 63.9 Å². The van der Waals surface area contributed by atoms with E-state index in [9.17, 15) is 0 Å². The molecule has 0 radical (unpaired) electrons. The summed E-state index contributed by atoms with van der Waals surface area (Å²) in [6.45, 7) is 4.16. The Bertz CT molecular complexity index is 653. The first-order valence-electron chi connectivity index (χ1n) is 6.60. The Morgan fingerprint density at radius 1 is 0.905 bits per heavy atom. The first-order valence-corrected chi connectivity index (χ1v) is 8.31. The predicted molar refractivity (Wildman–Crippen MR) is 93.9 cm³/mol. The number of alkyl halides is 1. The Kier molecular flexibility index (Phi) is 5.33. The van der Waals surface area contributed by atoms with Crippen LogP contribution >= 0.6 is 31.9 Å². The van der Waals surface area contributed by atoms with Crippen LogP contribution in [-0.2, 0) is 0 Å². The summed E-state index contributed by atoms with van der Waals surface area (Å²) in [4.78, 5) is 0.106. The van der Waals surface area contributed by atoms with Gasteiger partial charge in [0.05, 0.1) is 19.0 Å². The van der Waals surface area contributed by atoms with Gasteiger partial charge in [0.25, 0.3) is 0 Å². The zero-order valence-electron chi connectivity index (χ0n) is 12.5. The van der Waals surface area contributed by atoms with Gasteiger partial charge in [-0.1, -0.05) is 44.0 Å². The molecule has 0 aliphatic rings. The zero-order chi connectivity index (χ0) is 15.6. The fourth-order valence-electron chi connectivity index (χ4n) is 2.22. The Hall–Kier alpha value is -1.00. The molecule has 0 bridgehead atoms. The average Bonchev–Trinajstić information content (AvgIpc) is 2.49. The molecule has 2 aromatic rings. The predicted octanol–water partition coefficient (Wildman–Crippen LogP) is 5.57. The molecule has 0 N–H and O–H groups in total. The zero-order valence-corrected chi connectivity index (χ0v) is 15.7. The Labute approximate surface area is 142 Å². The highest BCUT2D eigenvalue weighted by molar-refractivity contribution is 9.10. The fourth-order valence-corrected chi connectivity index (χ4v) is 3.39. The van der Waals surface area contributed by atoms with E-state index in [1.165, 1.54) is 16.7 Å². The lowest BCUT2D eigenvalue weighted by Gasteiger charge is -2.17. The van der Waals surface area contributed by atoms with Gasteiger partial charge in [0, 0.05) is 4.47 Å². The molecule has 0 saturated carbocycles. The molecule has 2 nitrogen and oxygen atoms in total. The van der Waals surface area contributed by atoms with Crippen LogP contribution in [-0.4, -0.2) is 14.2 Å². The van der Waals surface area contributed by atoms with Gasteiger partial charge in [0.1, 0.15) is 0 Å².